The zero-order valence-corrected chi connectivity index (χ0v) is 11.9. The molecule has 0 spiro atoms. The van der Waals surface area contributed by atoms with E-state index in [1.165, 1.54) is 0 Å². The lowest BCUT2D eigenvalue weighted by Crippen LogP contribution is -2.07. The number of benzene rings is 1. The molecule has 0 saturated carbocycles. The summed E-state index contributed by atoms with van der Waals surface area (Å²) in [6, 6.07) is 3.76. The molecule has 17 heavy (non-hydrogen) atoms. The minimum Gasteiger partial charge on any atom is -0.358 e. The molecule has 1 aromatic carbocycles. The number of nitrogens with one attached hydrogen (secondary N) is 1. The third-order valence-electron chi connectivity index (χ3n) is 3.05. The van der Waals surface area contributed by atoms with Gasteiger partial charge in [-0.3, -0.25) is 4.79 Å². The number of H-pyrrole nitrogens is 1. The molecule has 0 amide bonds. The predicted octanol–water partition coefficient (Wildman–Crippen LogP) is 3.86. The van der Waals surface area contributed by atoms with Crippen molar-refractivity contribution in [2.45, 2.75) is 33.6 Å². The second-order valence-corrected chi connectivity index (χ2v) is 5.26. The van der Waals surface area contributed by atoms with Crippen molar-refractivity contribution >= 4 is 26.8 Å². The van der Waals surface area contributed by atoms with E-state index in [-0.39, 0.29) is 5.43 Å². The second kappa shape index (κ2) is 4.65. The Balaban J connectivity index is 2.82. The molecule has 90 valence electrons. The second-order valence-electron chi connectivity index (χ2n) is 4.46. The van der Waals surface area contributed by atoms with Crippen LogP contribution in [0.25, 0.3) is 10.9 Å². The quantitative estimate of drug-likeness (QED) is 0.896. The van der Waals surface area contributed by atoms with Crippen LogP contribution in [0.3, 0.4) is 0 Å². The Kier molecular flexibility index (Phi) is 3.38. The van der Waals surface area contributed by atoms with E-state index >= 15 is 0 Å². The highest BCUT2D eigenvalue weighted by molar-refractivity contribution is 9.10. The van der Waals surface area contributed by atoms with E-state index in [1.54, 1.807) is 6.07 Å². The first-order valence-corrected chi connectivity index (χ1v) is 6.65. The molecule has 0 saturated heterocycles. The lowest BCUT2D eigenvalue weighted by molar-refractivity contribution is 0.888. The van der Waals surface area contributed by atoms with Crippen LogP contribution < -0.4 is 5.43 Å². The first-order chi connectivity index (χ1) is 8.04. The number of aryl methyl sites for hydroxylation is 3. The van der Waals surface area contributed by atoms with Gasteiger partial charge in [-0.1, -0.05) is 29.3 Å². The summed E-state index contributed by atoms with van der Waals surface area (Å²) in [7, 11) is 0. The van der Waals surface area contributed by atoms with Crippen molar-refractivity contribution < 1.29 is 0 Å². The molecular formula is C14H16BrNO. The Labute approximate surface area is 109 Å². The van der Waals surface area contributed by atoms with Gasteiger partial charge >= 0.3 is 0 Å². The standard InChI is InChI=1S/C14H16BrNO/c1-4-5-10-7-12(17)13-9(3)14(15)8(2)6-11(13)16-10/h6-7H,4-5H2,1-3H3,(H,16,17). The fraction of sp³-hybridized carbons (Fsp3) is 0.357. The Morgan fingerprint density at radius 2 is 2.00 bits per heavy atom. The molecule has 0 aliphatic carbocycles. The van der Waals surface area contributed by atoms with Crippen molar-refractivity contribution in [2.24, 2.45) is 0 Å². The topological polar surface area (TPSA) is 32.9 Å². The molecule has 0 bridgehead atoms. The van der Waals surface area contributed by atoms with Crippen LogP contribution >= 0.6 is 15.9 Å². The average molecular weight is 294 g/mol. The van der Waals surface area contributed by atoms with Crippen LogP contribution in [-0.2, 0) is 6.42 Å². The van der Waals surface area contributed by atoms with Crippen LogP contribution in [0.4, 0.5) is 0 Å². The highest BCUT2D eigenvalue weighted by atomic mass is 79.9. The molecule has 0 radical (unpaired) electrons. The number of rotatable bonds is 2. The zero-order valence-electron chi connectivity index (χ0n) is 10.4. The van der Waals surface area contributed by atoms with Crippen molar-refractivity contribution in [1.29, 1.82) is 0 Å². The third-order valence-corrected chi connectivity index (χ3v) is 4.27. The van der Waals surface area contributed by atoms with E-state index in [1.807, 2.05) is 19.9 Å². The van der Waals surface area contributed by atoms with Gasteiger partial charge in [-0.15, -0.1) is 0 Å². The summed E-state index contributed by atoms with van der Waals surface area (Å²) >= 11 is 3.53. The van der Waals surface area contributed by atoms with Crippen LogP contribution in [0.1, 0.15) is 30.2 Å². The lowest BCUT2D eigenvalue weighted by Gasteiger charge is -2.09. The predicted molar refractivity (Wildman–Crippen MR) is 75.7 cm³/mol. The van der Waals surface area contributed by atoms with E-state index in [9.17, 15) is 4.79 Å². The molecule has 3 heteroatoms. The van der Waals surface area contributed by atoms with E-state index in [0.717, 1.165) is 45.0 Å². The third kappa shape index (κ3) is 2.16. The molecule has 0 atom stereocenters. The molecular weight excluding hydrogens is 278 g/mol. The Hall–Kier alpha value is -1.09. The van der Waals surface area contributed by atoms with Gasteiger partial charge in [0.1, 0.15) is 0 Å². The van der Waals surface area contributed by atoms with Gasteiger partial charge in [-0.05, 0) is 37.5 Å². The summed E-state index contributed by atoms with van der Waals surface area (Å²) in [6.07, 6.45) is 1.95. The van der Waals surface area contributed by atoms with Gasteiger partial charge < -0.3 is 4.98 Å². The van der Waals surface area contributed by atoms with E-state index in [4.69, 9.17) is 0 Å². The van der Waals surface area contributed by atoms with Gasteiger partial charge in [0, 0.05) is 21.6 Å². The van der Waals surface area contributed by atoms with Gasteiger partial charge in [-0.2, -0.15) is 0 Å². The summed E-state index contributed by atoms with van der Waals surface area (Å²) in [5.41, 5.74) is 4.24. The number of aromatic nitrogens is 1. The van der Waals surface area contributed by atoms with Crippen molar-refractivity contribution in [2.75, 3.05) is 0 Å². The van der Waals surface area contributed by atoms with Gasteiger partial charge in [-0.25, -0.2) is 0 Å². The number of hydrogen-bond acceptors (Lipinski definition) is 1. The first-order valence-electron chi connectivity index (χ1n) is 5.86. The van der Waals surface area contributed by atoms with Gasteiger partial charge in [0.15, 0.2) is 5.43 Å². The molecule has 0 unspecified atom stereocenters. The maximum atomic E-state index is 12.1. The maximum absolute atomic E-state index is 12.1. The Bertz CT molecular complexity index is 628. The monoisotopic (exact) mass is 293 g/mol. The van der Waals surface area contributed by atoms with E-state index in [0.29, 0.717) is 0 Å². The fourth-order valence-corrected chi connectivity index (χ4v) is 2.53. The molecule has 1 aromatic heterocycles. The highest BCUT2D eigenvalue weighted by Gasteiger charge is 2.09. The number of hydrogen-bond donors (Lipinski definition) is 1. The van der Waals surface area contributed by atoms with E-state index < -0.39 is 0 Å². The number of fused-ring (bicyclic) bond motifs is 1. The summed E-state index contributed by atoms with van der Waals surface area (Å²) < 4.78 is 1.03. The maximum Gasteiger partial charge on any atom is 0.189 e. The van der Waals surface area contributed by atoms with Crippen LogP contribution in [0, 0.1) is 13.8 Å². The smallest absolute Gasteiger partial charge is 0.189 e. The van der Waals surface area contributed by atoms with Crippen molar-refractivity contribution in [3.8, 4) is 0 Å². The molecule has 1 heterocycles. The molecule has 0 aliphatic rings. The van der Waals surface area contributed by atoms with Crippen molar-refractivity contribution in [3.05, 3.63) is 43.6 Å². The van der Waals surface area contributed by atoms with Crippen LogP contribution in [0.5, 0.6) is 0 Å². The normalized spacial score (nSPS) is 11.1. The first kappa shape index (κ1) is 12.4. The molecule has 0 fully saturated rings. The average Bonchev–Trinajstić information content (AvgIpc) is 2.25. The molecule has 2 rings (SSSR count). The molecule has 2 aromatic rings. The number of halogens is 1. The SMILES string of the molecule is CCCc1cc(=O)c2c(C)c(Br)c(C)cc2[nH]1. The minimum atomic E-state index is 0.111. The number of pyridine rings is 1. The number of aromatic amines is 1. The highest BCUT2D eigenvalue weighted by Crippen LogP contribution is 2.26. The summed E-state index contributed by atoms with van der Waals surface area (Å²) in [5, 5.41) is 0.794. The fourth-order valence-electron chi connectivity index (χ4n) is 2.22. The largest absolute Gasteiger partial charge is 0.358 e. The summed E-state index contributed by atoms with van der Waals surface area (Å²) in [6.45, 7) is 6.13. The van der Waals surface area contributed by atoms with Gasteiger partial charge in [0.25, 0.3) is 0 Å². The van der Waals surface area contributed by atoms with Gasteiger partial charge in [0.2, 0.25) is 0 Å². The zero-order chi connectivity index (χ0) is 12.6. The van der Waals surface area contributed by atoms with Crippen LogP contribution in [0.15, 0.2) is 21.4 Å². The van der Waals surface area contributed by atoms with Crippen molar-refractivity contribution in [3.63, 3.8) is 0 Å². The molecule has 2 nitrogen and oxygen atoms in total. The van der Waals surface area contributed by atoms with E-state index in [2.05, 4.69) is 27.8 Å². The molecule has 0 aliphatic heterocycles. The van der Waals surface area contributed by atoms with Crippen molar-refractivity contribution in [1.82, 2.24) is 4.98 Å². The van der Waals surface area contributed by atoms with Crippen LogP contribution in [0.2, 0.25) is 0 Å². The Morgan fingerprint density at radius 3 is 2.65 bits per heavy atom. The summed E-state index contributed by atoms with van der Waals surface area (Å²) in [4.78, 5) is 15.5. The Morgan fingerprint density at radius 1 is 1.29 bits per heavy atom. The van der Waals surface area contributed by atoms with Crippen LogP contribution in [-0.4, -0.2) is 4.98 Å². The minimum absolute atomic E-state index is 0.111. The lowest BCUT2D eigenvalue weighted by atomic mass is 10.0. The molecule has 1 N–H and O–H groups in total. The summed E-state index contributed by atoms with van der Waals surface area (Å²) in [5.74, 6) is 0. The van der Waals surface area contributed by atoms with Gasteiger partial charge in [0.05, 0.1) is 5.52 Å².